The summed E-state index contributed by atoms with van der Waals surface area (Å²) in [5, 5.41) is 10.2. The number of hydrogen-bond donors (Lipinski definition) is 1. The van der Waals surface area contributed by atoms with E-state index >= 15 is 0 Å². The minimum Gasteiger partial charge on any atom is -0.387 e. The molecule has 0 fully saturated rings. The molecular formula is C17H21NO. The molecule has 0 spiro atoms. The van der Waals surface area contributed by atoms with Crippen molar-refractivity contribution in [2.75, 3.05) is 13.6 Å². The first-order chi connectivity index (χ1) is 9.18. The number of likely N-dealkylation sites (N-methyl/N-ethyl adjacent to an activating group) is 1. The van der Waals surface area contributed by atoms with E-state index in [0.717, 1.165) is 5.56 Å². The summed E-state index contributed by atoms with van der Waals surface area (Å²) in [6.45, 7) is 2.78. The molecule has 0 radical (unpaired) electrons. The molecule has 0 saturated heterocycles. The molecular weight excluding hydrogens is 234 g/mol. The maximum Gasteiger partial charge on any atom is 0.0917 e. The van der Waals surface area contributed by atoms with Gasteiger partial charge in [0.2, 0.25) is 0 Å². The average molecular weight is 255 g/mol. The van der Waals surface area contributed by atoms with Gasteiger partial charge in [0, 0.05) is 12.6 Å². The van der Waals surface area contributed by atoms with Gasteiger partial charge in [0.25, 0.3) is 0 Å². The lowest BCUT2D eigenvalue weighted by Crippen LogP contribution is -2.27. The predicted octanol–water partition coefficient (Wildman–Crippen LogP) is 3.41. The van der Waals surface area contributed by atoms with Crippen molar-refractivity contribution in [2.24, 2.45) is 0 Å². The molecule has 1 N–H and O–H groups in total. The van der Waals surface area contributed by atoms with E-state index in [1.807, 2.05) is 55.6 Å². The fourth-order valence-corrected chi connectivity index (χ4v) is 2.20. The quantitative estimate of drug-likeness (QED) is 0.885. The van der Waals surface area contributed by atoms with Gasteiger partial charge in [0.1, 0.15) is 0 Å². The monoisotopic (exact) mass is 255 g/mol. The van der Waals surface area contributed by atoms with E-state index in [0.29, 0.717) is 12.6 Å². The molecule has 19 heavy (non-hydrogen) atoms. The Morgan fingerprint density at radius 2 is 1.37 bits per heavy atom. The maximum atomic E-state index is 10.2. The first-order valence-electron chi connectivity index (χ1n) is 6.66. The zero-order chi connectivity index (χ0) is 13.7. The molecule has 2 heteroatoms. The second-order valence-corrected chi connectivity index (χ2v) is 4.95. The molecule has 2 nitrogen and oxygen atoms in total. The molecule has 2 aromatic carbocycles. The number of aliphatic hydroxyl groups excluding tert-OH is 1. The van der Waals surface area contributed by atoms with Gasteiger partial charge in [-0.05, 0) is 25.1 Å². The Balaban J connectivity index is 1.99. The first-order valence-corrected chi connectivity index (χ1v) is 6.66. The van der Waals surface area contributed by atoms with Gasteiger partial charge in [-0.15, -0.1) is 0 Å². The number of benzene rings is 2. The van der Waals surface area contributed by atoms with Crippen LogP contribution >= 0.6 is 0 Å². The van der Waals surface area contributed by atoms with Crippen molar-refractivity contribution in [3.05, 3.63) is 71.8 Å². The lowest BCUT2D eigenvalue weighted by molar-refractivity contribution is 0.108. The van der Waals surface area contributed by atoms with Gasteiger partial charge >= 0.3 is 0 Å². The van der Waals surface area contributed by atoms with Crippen LogP contribution in [0.3, 0.4) is 0 Å². The topological polar surface area (TPSA) is 23.5 Å². The molecule has 2 atom stereocenters. The number of nitrogens with zero attached hydrogens (tertiary/aromatic N) is 1. The van der Waals surface area contributed by atoms with Crippen molar-refractivity contribution in [1.29, 1.82) is 0 Å². The van der Waals surface area contributed by atoms with Gasteiger partial charge in [0.15, 0.2) is 0 Å². The largest absolute Gasteiger partial charge is 0.387 e. The zero-order valence-electron chi connectivity index (χ0n) is 11.5. The molecule has 0 saturated carbocycles. The van der Waals surface area contributed by atoms with Crippen LogP contribution in [0.4, 0.5) is 0 Å². The van der Waals surface area contributed by atoms with Crippen molar-refractivity contribution in [1.82, 2.24) is 4.90 Å². The van der Waals surface area contributed by atoms with E-state index in [1.54, 1.807) is 0 Å². The summed E-state index contributed by atoms with van der Waals surface area (Å²) in [5.41, 5.74) is 2.24. The van der Waals surface area contributed by atoms with E-state index in [2.05, 4.69) is 24.0 Å². The lowest BCUT2D eigenvalue weighted by atomic mass is 10.1. The van der Waals surface area contributed by atoms with Crippen LogP contribution in [-0.4, -0.2) is 23.6 Å². The highest BCUT2D eigenvalue weighted by molar-refractivity contribution is 5.20. The van der Waals surface area contributed by atoms with Gasteiger partial charge in [-0.25, -0.2) is 0 Å². The SMILES string of the molecule is C[C@H](c1ccccc1)N(C)C[C@H](O)c1ccccc1. The van der Waals surface area contributed by atoms with E-state index < -0.39 is 6.10 Å². The van der Waals surface area contributed by atoms with Crippen LogP contribution in [0, 0.1) is 0 Å². The molecule has 100 valence electrons. The summed E-state index contributed by atoms with van der Waals surface area (Å²) in [4.78, 5) is 2.17. The minimum absolute atomic E-state index is 0.291. The van der Waals surface area contributed by atoms with E-state index in [-0.39, 0.29) is 0 Å². The third kappa shape index (κ3) is 3.66. The Hall–Kier alpha value is -1.64. The number of aliphatic hydroxyl groups is 1. The van der Waals surface area contributed by atoms with Crippen molar-refractivity contribution in [3.8, 4) is 0 Å². The second kappa shape index (κ2) is 6.50. The highest BCUT2D eigenvalue weighted by atomic mass is 16.3. The smallest absolute Gasteiger partial charge is 0.0917 e. The van der Waals surface area contributed by atoms with Crippen LogP contribution in [0.15, 0.2) is 60.7 Å². The molecule has 2 aromatic rings. The van der Waals surface area contributed by atoms with Gasteiger partial charge in [-0.1, -0.05) is 60.7 Å². The van der Waals surface area contributed by atoms with E-state index in [4.69, 9.17) is 0 Å². The van der Waals surface area contributed by atoms with E-state index in [1.165, 1.54) is 5.56 Å². The molecule has 0 aliphatic rings. The van der Waals surface area contributed by atoms with Gasteiger partial charge in [-0.2, -0.15) is 0 Å². The Labute approximate surface area is 115 Å². The molecule has 0 aliphatic carbocycles. The summed E-state index contributed by atoms with van der Waals surface area (Å²) in [6, 6.07) is 20.5. The molecule has 0 aromatic heterocycles. The van der Waals surface area contributed by atoms with Crippen LogP contribution in [0.2, 0.25) is 0 Å². The normalized spacial score (nSPS) is 14.3. The Morgan fingerprint density at radius 3 is 1.89 bits per heavy atom. The average Bonchev–Trinajstić information content (AvgIpc) is 2.48. The van der Waals surface area contributed by atoms with Crippen LogP contribution in [0.25, 0.3) is 0 Å². The lowest BCUT2D eigenvalue weighted by Gasteiger charge is -2.27. The van der Waals surface area contributed by atoms with Crippen molar-refractivity contribution >= 4 is 0 Å². The Bertz CT molecular complexity index is 483. The van der Waals surface area contributed by atoms with Gasteiger partial charge in [0.05, 0.1) is 6.10 Å². The van der Waals surface area contributed by atoms with Crippen LogP contribution in [0.5, 0.6) is 0 Å². The summed E-state index contributed by atoms with van der Waals surface area (Å²) in [6.07, 6.45) is -0.447. The third-order valence-corrected chi connectivity index (χ3v) is 3.59. The summed E-state index contributed by atoms with van der Waals surface area (Å²) < 4.78 is 0. The van der Waals surface area contributed by atoms with Crippen LogP contribution in [-0.2, 0) is 0 Å². The van der Waals surface area contributed by atoms with Gasteiger partial charge < -0.3 is 5.11 Å². The van der Waals surface area contributed by atoms with E-state index in [9.17, 15) is 5.11 Å². The maximum absolute atomic E-state index is 10.2. The van der Waals surface area contributed by atoms with Crippen molar-refractivity contribution in [3.63, 3.8) is 0 Å². The fourth-order valence-electron chi connectivity index (χ4n) is 2.20. The highest BCUT2D eigenvalue weighted by Crippen LogP contribution is 2.21. The zero-order valence-corrected chi connectivity index (χ0v) is 11.5. The molecule has 0 heterocycles. The fraction of sp³-hybridized carbons (Fsp3) is 0.294. The summed E-state index contributed by atoms with van der Waals surface area (Å²) >= 11 is 0. The van der Waals surface area contributed by atoms with Crippen LogP contribution in [0.1, 0.15) is 30.2 Å². The predicted molar refractivity (Wildman–Crippen MR) is 78.9 cm³/mol. The summed E-state index contributed by atoms with van der Waals surface area (Å²) in [5.74, 6) is 0. The third-order valence-electron chi connectivity index (χ3n) is 3.59. The van der Waals surface area contributed by atoms with Crippen molar-refractivity contribution in [2.45, 2.75) is 19.1 Å². The minimum atomic E-state index is -0.447. The highest BCUT2D eigenvalue weighted by Gasteiger charge is 2.16. The van der Waals surface area contributed by atoms with Gasteiger partial charge in [-0.3, -0.25) is 4.90 Å². The second-order valence-electron chi connectivity index (χ2n) is 4.95. The molecule has 0 unspecified atom stereocenters. The Kier molecular flexibility index (Phi) is 4.72. The summed E-state index contributed by atoms with van der Waals surface area (Å²) in [7, 11) is 2.05. The molecule has 2 rings (SSSR count). The van der Waals surface area contributed by atoms with Crippen LogP contribution < -0.4 is 0 Å². The standard InChI is InChI=1S/C17H21NO/c1-14(15-9-5-3-6-10-15)18(2)13-17(19)16-11-7-4-8-12-16/h3-12,14,17,19H,13H2,1-2H3/t14-,17+/m1/s1. The number of rotatable bonds is 5. The molecule has 0 amide bonds. The Morgan fingerprint density at radius 1 is 0.895 bits per heavy atom. The number of hydrogen-bond acceptors (Lipinski definition) is 2. The molecule has 0 bridgehead atoms. The first kappa shape index (κ1) is 13.8. The van der Waals surface area contributed by atoms with Crippen molar-refractivity contribution < 1.29 is 5.11 Å². The molecule has 0 aliphatic heterocycles.